The lowest BCUT2D eigenvalue weighted by molar-refractivity contribution is -0.122. The number of carbonyl (C=O) groups is 1. The molecule has 1 amide bonds. The molecule has 3 heteroatoms. The summed E-state index contributed by atoms with van der Waals surface area (Å²) in [6, 6.07) is 0. The Morgan fingerprint density at radius 1 is 1.67 bits per heavy atom. The second-order valence-electron chi connectivity index (χ2n) is 2.62. The Hall–Kier alpha value is -1.01. The molecular weight excluding hydrogens is 154 g/mol. The average molecular weight is 169 g/mol. The number of hydrogen-bond acceptors (Lipinski definition) is 2. The Kier molecular flexibility index (Phi) is 6.12. The lowest BCUT2D eigenvalue weighted by Gasteiger charge is -2.10. The molecule has 68 valence electrons. The molecule has 0 fully saturated rings. The number of methoxy groups -OCH3 is 1. The first-order chi connectivity index (χ1) is 5.72. The molecule has 0 aromatic rings. The molecule has 0 aromatic carbocycles. The number of primary amides is 1. The number of terminal acetylenes is 1. The largest absolute Gasteiger partial charge is 0.385 e. The normalized spacial score (nSPS) is 12.0. The molecule has 0 aliphatic heterocycles. The van der Waals surface area contributed by atoms with E-state index in [9.17, 15) is 4.79 Å². The van der Waals surface area contributed by atoms with E-state index in [0.717, 1.165) is 0 Å². The molecule has 0 saturated carbocycles. The summed E-state index contributed by atoms with van der Waals surface area (Å²) >= 11 is 0. The molecule has 2 N–H and O–H groups in total. The maximum absolute atomic E-state index is 10.8. The van der Waals surface area contributed by atoms with Gasteiger partial charge in [-0.2, -0.15) is 0 Å². The van der Waals surface area contributed by atoms with Crippen molar-refractivity contribution in [2.24, 2.45) is 11.7 Å². The third-order valence-electron chi connectivity index (χ3n) is 1.71. The first-order valence-electron chi connectivity index (χ1n) is 3.94. The molecule has 1 unspecified atom stereocenters. The van der Waals surface area contributed by atoms with Crippen LogP contribution in [0.2, 0.25) is 0 Å². The van der Waals surface area contributed by atoms with Crippen LogP contribution in [0.25, 0.3) is 0 Å². The van der Waals surface area contributed by atoms with Gasteiger partial charge in [-0.3, -0.25) is 4.79 Å². The van der Waals surface area contributed by atoms with E-state index in [1.54, 1.807) is 7.11 Å². The number of amides is 1. The topological polar surface area (TPSA) is 52.3 Å². The highest BCUT2D eigenvalue weighted by Crippen LogP contribution is 2.09. The van der Waals surface area contributed by atoms with Gasteiger partial charge in [0.05, 0.1) is 0 Å². The molecule has 12 heavy (non-hydrogen) atoms. The Bertz CT molecular complexity index is 172. The van der Waals surface area contributed by atoms with Crippen molar-refractivity contribution in [1.29, 1.82) is 0 Å². The summed E-state index contributed by atoms with van der Waals surface area (Å²) in [4.78, 5) is 10.8. The number of ether oxygens (including phenoxy) is 1. The van der Waals surface area contributed by atoms with Crippen molar-refractivity contribution in [2.45, 2.75) is 19.3 Å². The molecular formula is C9H15NO2. The Morgan fingerprint density at radius 2 is 2.33 bits per heavy atom. The monoisotopic (exact) mass is 169 g/mol. The molecule has 0 heterocycles. The summed E-state index contributed by atoms with van der Waals surface area (Å²) in [5, 5.41) is 0. The zero-order valence-corrected chi connectivity index (χ0v) is 7.38. The van der Waals surface area contributed by atoms with Crippen LogP contribution in [-0.4, -0.2) is 19.6 Å². The molecule has 0 bridgehead atoms. The second kappa shape index (κ2) is 6.68. The molecule has 0 radical (unpaired) electrons. The van der Waals surface area contributed by atoms with Gasteiger partial charge in [-0.1, -0.05) is 0 Å². The zero-order valence-electron chi connectivity index (χ0n) is 7.38. The van der Waals surface area contributed by atoms with Crippen LogP contribution >= 0.6 is 0 Å². The van der Waals surface area contributed by atoms with Crippen LogP contribution < -0.4 is 5.73 Å². The Morgan fingerprint density at radius 3 is 2.75 bits per heavy atom. The SMILES string of the molecule is C#CCCC(CCOC)C(N)=O. The van der Waals surface area contributed by atoms with Gasteiger partial charge in [0.1, 0.15) is 0 Å². The summed E-state index contributed by atoms with van der Waals surface area (Å²) in [5.74, 6) is 2.05. The van der Waals surface area contributed by atoms with Crippen molar-refractivity contribution in [3.05, 3.63) is 0 Å². The van der Waals surface area contributed by atoms with E-state index in [2.05, 4.69) is 5.92 Å². The number of hydrogen-bond donors (Lipinski definition) is 1. The van der Waals surface area contributed by atoms with Gasteiger partial charge in [0.2, 0.25) is 5.91 Å². The summed E-state index contributed by atoms with van der Waals surface area (Å²) in [6.07, 6.45) is 6.99. The van der Waals surface area contributed by atoms with Crippen LogP contribution in [0, 0.1) is 18.3 Å². The van der Waals surface area contributed by atoms with E-state index in [0.29, 0.717) is 25.9 Å². The zero-order chi connectivity index (χ0) is 9.40. The van der Waals surface area contributed by atoms with Gasteiger partial charge in [0.25, 0.3) is 0 Å². The maximum atomic E-state index is 10.8. The van der Waals surface area contributed by atoms with Crippen molar-refractivity contribution < 1.29 is 9.53 Å². The van der Waals surface area contributed by atoms with Gasteiger partial charge >= 0.3 is 0 Å². The highest BCUT2D eigenvalue weighted by Gasteiger charge is 2.13. The van der Waals surface area contributed by atoms with Crippen molar-refractivity contribution in [3.8, 4) is 12.3 Å². The summed E-state index contributed by atoms with van der Waals surface area (Å²) < 4.78 is 4.84. The van der Waals surface area contributed by atoms with Crippen molar-refractivity contribution in [1.82, 2.24) is 0 Å². The highest BCUT2D eigenvalue weighted by atomic mass is 16.5. The third kappa shape index (κ3) is 4.75. The van der Waals surface area contributed by atoms with Crippen LogP contribution in [0.1, 0.15) is 19.3 Å². The van der Waals surface area contributed by atoms with E-state index < -0.39 is 0 Å². The van der Waals surface area contributed by atoms with Gasteiger partial charge in [-0.25, -0.2) is 0 Å². The number of rotatable bonds is 6. The fourth-order valence-electron chi connectivity index (χ4n) is 0.947. The van der Waals surface area contributed by atoms with E-state index in [4.69, 9.17) is 16.9 Å². The van der Waals surface area contributed by atoms with E-state index in [-0.39, 0.29) is 11.8 Å². The van der Waals surface area contributed by atoms with Crippen LogP contribution in [0.3, 0.4) is 0 Å². The summed E-state index contributed by atoms with van der Waals surface area (Å²) in [5.41, 5.74) is 5.16. The third-order valence-corrected chi connectivity index (χ3v) is 1.71. The van der Waals surface area contributed by atoms with Gasteiger partial charge in [-0.15, -0.1) is 12.3 Å². The van der Waals surface area contributed by atoms with Gasteiger partial charge in [-0.05, 0) is 12.8 Å². The molecule has 1 atom stereocenters. The van der Waals surface area contributed by atoms with Crippen molar-refractivity contribution in [2.75, 3.05) is 13.7 Å². The lowest BCUT2D eigenvalue weighted by atomic mass is 9.99. The molecule has 0 spiro atoms. The Balaban J connectivity index is 3.72. The maximum Gasteiger partial charge on any atom is 0.220 e. The average Bonchev–Trinajstić information content (AvgIpc) is 2.04. The predicted molar refractivity (Wildman–Crippen MR) is 47.2 cm³/mol. The predicted octanol–water partition coefficient (Wildman–Crippen LogP) is 0.538. The fraction of sp³-hybridized carbons (Fsp3) is 0.667. The second-order valence-corrected chi connectivity index (χ2v) is 2.62. The number of nitrogens with two attached hydrogens (primary N) is 1. The summed E-state index contributed by atoms with van der Waals surface area (Å²) in [7, 11) is 1.60. The van der Waals surface area contributed by atoms with Crippen LogP contribution in [-0.2, 0) is 9.53 Å². The smallest absolute Gasteiger partial charge is 0.220 e. The first-order valence-corrected chi connectivity index (χ1v) is 3.94. The molecule has 0 rings (SSSR count). The van der Waals surface area contributed by atoms with E-state index in [1.807, 2.05) is 0 Å². The van der Waals surface area contributed by atoms with Crippen molar-refractivity contribution in [3.63, 3.8) is 0 Å². The van der Waals surface area contributed by atoms with Gasteiger partial charge < -0.3 is 10.5 Å². The Labute approximate surface area is 73.3 Å². The minimum atomic E-state index is -0.290. The minimum absolute atomic E-state index is 0.138. The molecule has 0 aromatic heterocycles. The van der Waals surface area contributed by atoms with Gasteiger partial charge in [0, 0.05) is 26.1 Å². The van der Waals surface area contributed by atoms with E-state index in [1.165, 1.54) is 0 Å². The first kappa shape index (κ1) is 11.0. The summed E-state index contributed by atoms with van der Waals surface area (Å²) in [6.45, 7) is 0.554. The van der Waals surface area contributed by atoms with E-state index >= 15 is 0 Å². The molecule has 3 nitrogen and oxygen atoms in total. The molecule has 0 aliphatic rings. The standard InChI is InChI=1S/C9H15NO2/c1-3-4-5-8(9(10)11)6-7-12-2/h1,8H,4-7H2,2H3,(H2,10,11). The van der Waals surface area contributed by atoms with Crippen LogP contribution in [0.15, 0.2) is 0 Å². The minimum Gasteiger partial charge on any atom is -0.385 e. The molecule has 0 saturated heterocycles. The highest BCUT2D eigenvalue weighted by molar-refractivity contribution is 5.76. The number of carbonyl (C=O) groups excluding carboxylic acids is 1. The quantitative estimate of drug-likeness (QED) is 0.590. The fourth-order valence-corrected chi connectivity index (χ4v) is 0.947. The lowest BCUT2D eigenvalue weighted by Crippen LogP contribution is -2.24. The van der Waals surface area contributed by atoms with Crippen LogP contribution in [0.4, 0.5) is 0 Å². The van der Waals surface area contributed by atoms with Gasteiger partial charge in [0.15, 0.2) is 0 Å². The van der Waals surface area contributed by atoms with Crippen LogP contribution in [0.5, 0.6) is 0 Å². The van der Waals surface area contributed by atoms with Crippen molar-refractivity contribution >= 4 is 5.91 Å². The molecule has 0 aliphatic carbocycles.